The summed E-state index contributed by atoms with van der Waals surface area (Å²) in [6.45, 7) is 1.97. The summed E-state index contributed by atoms with van der Waals surface area (Å²) in [6, 6.07) is 22.0. The summed E-state index contributed by atoms with van der Waals surface area (Å²) in [6.07, 6.45) is 3.32. The fourth-order valence-corrected chi connectivity index (χ4v) is 2.73. The number of allylic oxidation sites excluding steroid dienone is 1. The van der Waals surface area contributed by atoms with Gasteiger partial charge in [0.1, 0.15) is 0 Å². The Morgan fingerprint density at radius 3 is 2.04 bits per heavy atom. The minimum atomic E-state index is -0.177. The maximum Gasteiger partial charge on any atom is 0.255 e. The van der Waals surface area contributed by atoms with Crippen molar-refractivity contribution in [1.82, 2.24) is 0 Å². The first-order valence-corrected chi connectivity index (χ1v) is 9.27. The maximum absolute atomic E-state index is 12.3. The summed E-state index contributed by atoms with van der Waals surface area (Å²) in [4.78, 5) is 24.5. The molecule has 0 heterocycles. The average Bonchev–Trinajstić information content (AvgIpc) is 2.68. The lowest BCUT2D eigenvalue weighted by Crippen LogP contribution is -2.11. The molecule has 0 aliphatic carbocycles. The minimum Gasteiger partial charge on any atom is -0.322 e. The normalized spacial score (nSPS) is 10.7. The number of hydrogen-bond acceptors (Lipinski definition) is 2. The van der Waals surface area contributed by atoms with Crippen LogP contribution in [0.15, 0.2) is 83.3 Å². The van der Waals surface area contributed by atoms with Gasteiger partial charge in [0.05, 0.1) is 0 Å². The van der Waals surface area contributed by atoms with E-state index < -0.39 is 0 Å². The molecule has 0 radical (unpaired) electrons. The molecule has 0 aliphatic rings. The molecule has 0 unspecified atom stereocenters. The van der Waals surface area contributed by atoms with Gasteiger partial charge in [0, 0.05) is 21.3 Å². The van der Waals surface area contributed by atoms with E-state index in [2.05, 4.69) is 21.2 Å². The molecule has 3 rings (SSSR count). The number of rotatable bonds is 5. The Morgan fingerprint density at radius 1 is 0.815 bits per heavy atom. The molecule has 1 amide bonds. The quantitative estimate of drug-likeness (QED) is 0.412. The van der Waals surface area contributed by atoms with Crippen LogP contribution in [0.5, 0.6) is 0 Å². The highest BCUT2D eigenvalue weighted by molar-refractivity contribution is 9.10. The Morgan fingerprint density at radius 2 is 1.41 bits per heavy atom. The fraction of sp³-hybridized carbons (Fsp3) is 0.0435. The molecule has 4 heteroatoms. The van der Waals surface area contributed by atoms with E-state index in [1.165, 1.54) is 0 Å². The molecule has 27 heavy (non-hydrogen) atoms. The third kappa shape index (κ3) is 5.25. The Kier molecular flexibility index (Phi) is 5.99. The highest BCUT2D eigenvalue weighted by Gasteiger charge is 2.07. The molecule has 3 nitrogen and oxygen atoms in total. The molecular weight excluding hydrogens is 402 g/mol. The van der Waals surface area contributed by atoms with Gasteiger partial charge in [0.15, 0.2) is 5.78 Å². The van der Waals surface area contributed by atoms with E-state index in [-0.39, 0.29) is 11.7 Å². The monoisotopic (exact) mass is 419 g/mol. The molecule has 0 saturated heterocycles. The summed E-state index contributed by atoms with van der Waals surface area (Å²) in [7, 11) is 0. The minimum absolute atomic E-state index is 0.0886. The van der Waals surface area contributed by atoms with Crippen molar-refractivity contribution in [3.05, 3.63) is 106 Å². The van der Waals surface area contributed by atoms with Crippen LogP contribution in [0, 0.1) is 6.92 Å². The predicted octanol–water partition coefficient (Wildman–Crippen LogP) is 5.91. The first-order chi connectivity index (χ1) is 13.0. The Labute approximate surface area is 166 Å². The van der Waals surface area contributed by atoms with E-state index in [4.69, 9.17) is 0 Å². The zero-order valence-electron chi connectivity index (χ0n) is 14.8. The van der Waals surface area contributed by atoms with Crippen molar-refractivity contribution in [2.24, 2.45) is 0 Å². The van der Waals surface area contributed by atoms with Crippen molar-refractivity contribution in [3.8, 4) is 0 Å². The van der Waals surface area contributed by atoms with Crippen LogP contribution in [0.25, 0.3) is 6.08 Å². The Balaban J connectivity index is 1.64. The highest BCUT2D eigenvalue weighted by Crippen LogP contribution is 2.15. The molecule has 3 aromatic carbocycles. The molecule has 0 fully saturated rings. The largest absolute Gasteiger partial charge is 0.322 e. The van der Waals surface area contributed by atoms with Crippen molar-refractivity contribution < 1.29 is 9.59 Å². The van der Waals surface area contributed by atoms with Gasteiger partial charge in [-0.3, -0.25) is 9.59 Å². The fourth-order valence-electron chi connectivity index (χ4n) is 2.47. The number of carbonyl (C=O) groups excluding carboxylic acids is 2. The zero-order chi connectivity index (χ0) is 19.2. The van der Waals surface area contributed by atoms with Crippen LogP contribution in [-0.2, 0) is 0 Å². The third-order valence-electron chi connectivity index (χ3n) is 4.04. The van der Waals surface area contributed by atoms with Crippen molar-refractivity contribution in [2.75, 3.05) is 5.32 Å². The van der Waals surface area contributed by atoms with Crippen LogP contribution in [-0.4, -0.2) is 11.7 Å². The molecule has 0 aromatic heterocycles. The number of halogens is 1. The van der Waals surface area contributed by atoms with E-state index in [0.29, 0.717) is 16.8 Å². The number of carbonyl (C=O) groups is 2. The second kappa shape index (κ2) is 8.60. The van der Waals surface area contributed by atoms with Gasteiger partial charge < -0.3 is 5.32 Å². The number of amides is 1. The second-order valence-corrected chi connectivity index (χ2v) is 7.06. The summed E-state index contributed by atoms with van der Waals surface area (Å²) in [5.41, 5.74) is 3.86. The second-order valence-electron chi connectivity index (χ2n) is 6.15. The van der Waals surface area contributed by atoms with Crippen LogP contribution in [0.1, 0.15) is 31.8 Å². The molecule has 0 bridgehead atoms. The first-order valence-electron chi connectivity index (χ1n) is 8.47. The number of ketones is 1. The van der Waals surface area contributed by atoms with Crippen molar-refractivity contribution >= 4 is 39.4 Å². The lowest BCUT2D eigenvalue weighted by Gasteiger charge is -2.06. The molecule has 1 N–H and O–H groups in total. The van der Waals surface area contributed by atoms with E-state index in [9.17, 15) is 9.59 Å². The Hall–Kier alpha value is -2.98. The first kappa shape index (κ1) is 18.8. The van der Waals surface area contributed by atoms with Gasteiger partial charge in [-0.05, 0) is 67.1 Å². The molecule has 0 saturated carbocycles. The third-order valence-corrected chi connectivity index (χ3v) is 4.57. The molecule has 0 aliphatic heterocycles. The summed E-state index contributed by atoms with van der Waals surface area (Å²) >= 11 is 3.38. The lowest BCUT2D eigenvalue weighted by molar-refractivity contribution is 0.102. The predicted molar refractivity (Wildman–Crippen MR) is 113 cm³/mol. The van der Waals surface area contributed by atoms with Crippen molar-refractivity contribution in [3.63, 3.8) is 0 Å². The van der Waals surface area contributed by atoms with Crippen molar-refractivity contribution in [1.29, 1.82) is 0 Å². The maximum atomic E-state index is 12.3. The number of hydrogen-bond donors (Lipinski definition) is 1. The summed E-state index contributed by atoms with van der Waals surface area (Å²) in [5.74, 6) is -0.265. The van der Waals surface area contributed by atoms with Gasteiger partial charge in [0.25, 0.3) is 5.91 Å². The van der Waals surface area contributed by atoms with Gasteiger partial charge in [-0.1, -0.05) is 51.8 Å². The molecule has 134 valence electrons. The topological polar surface area (TPSA) is 46.2 Å². The van der Waals surface area contributed by atoms with Gasteiger partial charge in [-0.25, -0.2) is 0 Å². The van der Waals surface area contributed by atoms with Crippen LogP contribution in [0.2, 0.25) is 0 Å². The number of nitrogens with one attached hydrogen (secondary N) is 1. The number of anilines is 1. The van der Waals surface area contributed by atoms with E-state index in [0.717, 1.165) is 15.6 Å². The summed E-state index contributed by atoms with van der Waals surface area (Å²) in [5, 5.41) is 2.83. The summed E-state index contributed by atoms with van der Waals surface area (Å²) < 4.78 is 0.995. The van der Waals surface area contributed by atoms with Gasteiger partial charge >= 0.3 is 0 Å². The molecule has 0 spiro atoms. The van der Waals surface area contributed by atoms with Crippen molar-refractivity contribution in [2.45, 2.75) is 6.92 Å². The Bertz CT molecular complexity index is 972. The van der Waals surface area contributed by atoms with Gasteiger partial charge in [0.2, 0.25) is 0 Å². The van der Waals surface area contributed by atoms with E-state index in [1.807, 2.05) is 43.3 Å². The van der Waals surface area contributed by atoms with Crippen LogP contribution < -0.4 is 5.32 Å². The number of benzene rings is 3. The highest BCUT2D eigenvalue weighted by atomic mass is 79.9. The van der Waals surface area contributed by atoms with E-state index in [1.54, 1.807) is 48.6 Å². The lowest BCUT2D eigenvalue weighted by atomic mass is 10.1. The molecule has 3 aromatic rings. The zero-order valence-corrected chi connectivity index (χ0v) is 16.4. The number of aryl methyl sites for hydroxylation is 1. The van der Waals surface area contributed by atoms with Crippen LogP contribution in [0.3, 0.4) is 0 Å². The molecular formula is C23H18BrNO2. The standard InChI is InChI=1S/C23H18BrNO2/c1-16-2-7-19(8-3-16)23(27)25-21-13-9-18(10-14-21)22(26)15-6-17-4-11-20(24)12-5-17/h2-15H,1H3,(H,25,27)/b15-6+. The SMILES string of the molecule is Cc1ccc(C(=O)Nc2ccc(C(=O)/C=C/c3ccc(Br)cc3)cc2)cc1. The van der Waals surface area contributed by atoms with Crippen LogP contribution >= 0.6 is 15.9 Å². The molecule has 0 atom stereocenters. The van der Waals surface area contributed by atoms with Crippen LogP contribution in [0.4, 0.5) is 5.69 Å². The average molecular weight is 420 g/mol. The van der Waals surface area contributed by atoms with Gasteiger partial charge in [-0.2, -0.15) is 0 Å². The smallest absolute Gasteiger partial charge is 0.255 e. The van der Waals surface area contributed by atoms with Gasteiger partial charge in [-0.15, -0.1) is 0 Å². The van der Waals surface area contributed by atoms with E-state index >= 15 is 0 Å².